The van der Waals surface area contributed by atoms with Gasteiger partial charge in [-0.3, -0.25) is 9.59 Å². The summed E-state index contributed by atoms with van der Waals surface area (Å²) >= 11 is 0. The number of amides is 2. The van der Waals surface area contributed by atoms with Gasteiger partial charge in [-0.2, -0.15) is 10.4 Å². The molecule has 2 aromatic carbocycles. The van der Waals surface area contributed by atoms with Gasteiger partial charge in [-0.15, -0.1) is 0 Å². The molecule has 2 aromatic rings. The van der Waals surface area contributed by atoms with Crippen LogP contribution in [-0.4, -0.2) is 18.0 Å². The molecule has 6 nitrogen and oxygen atoms in total. The zero-order valence-corrected chi connectivity index (χ0v) is 14.7. The second kappa shape index (κ2) is 9.14. The molecule has 2 rings (SSSR count). The molecule has 26 heavy (non-hydrogen) atoms. The second-order valence-corrected chi connectivity index (χ2v) is 5.89. The van der Waals surface area contributed by atoms with E-state index in [1.165, 1.54) is 6.21 Å². The summed E-state index contributed by atoms with van der Waals surface area (Å²) in [6.45, 7) is 3.87. The molecule has 0 aliphatic rings. The maximum absolute atomic E-state index is 12.0. The predicted molar refractivity (Wildman–Crippen MR) is 101 cm³/mol. The lowest BCUT2D eigenvalue weighted by Gasteiger charge is -2.09. The van der Waals surface area contributed by atoms with Crippen LogP contribution < -0.4 is 10.7 Å². The van der Waals surface area contributed by atoms with Crippen LogP contribution in [0.1, 0.15) is 35.1 Å². The van der Waals surface area contributed by atoms with Crippen LogP contribution in [0.15, 0.2) is 47.6 Å². The minimum atomic E-state index is -0.342. The van der Waals surface area contributed by atoms with Gasteiger partial charge in [0.25, 0.3) is 0 Å². The van der Waals surface area contributed by atoms with Crippen molar-refractivity contribution >= 4 is 23.7 Å². The molecule has 0 bridgehead atoms. The molecule has 2 N–H and O–H groups in total. The maximum Gasteiger partial charge on any atom is 0.240 e. The Bertz CT molecular complexity index is 864. The van der Waals surface area contributed by atoms with Crippen molar-refractivity contribution in [2.75, 3.05) is 5.32 Å². The van der Waals surface area contributed by atoms with Gasteiger partial charge >= 0.3 is 0 Å². The lowest BCUT2D eigenvalue weighted by atomic mass is 10.1. The SMILES string of the molecule is Cc1ccc(C)c(NC(=O)CCC(=O)N/N=C\c2ccc(C#N)cc2)c1. The number of nitriles is 1. The summed E-state index contributed by atoms with van der Waals surface area (Å²) in [6.07, 6.45) is 1.60. The van der Waals surface area contributed by atoms with Crippen molar-refractivity contribution in [3.8, 4) is 6.07 Å². The Hall–Kier alpha value is -3.46. The average Bonchev–Trinajstić information content (AvgIpc) is 2.63. The highest BCUT2D eigenvalue weighted by Crippen LogP contribution is 2.16. The molecule has 0 unspecified atom stereocenters. The highest BCUT2D eigenvalue weighted by molar-refractivity contribution is 5.94. The number of carbonyl (C=O) groups is 2. The summed E-state index contributed by atoms with van der Waals surface area (Å²) in [4.78, 5) is 23.7. The van der Waals surface area contributed by atoms with Crippen molar-refractivity contribution in [2.45, 2.75) is 26.7 Å². The number of benzene rings is 2. The lowest BCUT2D eigenvalue weighted by molar-refractivity contribution is -0.124. The Labute approximate surface area is 152 Å². The van der Waals surface area contributed by atoms with Gasteiger partial charge in [-0.25, -0.2) is 5.43 Å². The first-order chi connectivity index (χ1) is 12.5. The average molecular weight is 348 g/mol. The fourth-order valence-electron chi connectivity index (χ4n) is 2.19. The van der Waals surface area contributed by atoms with E-state index in [2.05, 4.69) is 15.8 Å². The van der Waals surface area contributed by atoms with E-state index in [1.807, 2.05) is 38.1 Å². The first-order valence-corrected chi connectivity index (χ1v) is 8.17. The van der Waals surface area contributed by atoms with E-state index in [1.54, 1.807) is 24.3 Å². The summed E-state index contributed by atoms with van der Waals surface area (Å²) in [5.74, 6) is -0.559. The molecule has 132 valence electrons. The van der Waals surface area contributed by atoms with E-state index < -0.39 is 0 Å². The van der Waals surface area contributed by atoms with Crippen molar-refractivity contribution < 1.29 is 9.59 Å². The summed E-state index contributed by atoms with van der Waals surface area (Å²) in [6, 6.07) is 14.6. The standard InChI is InChI=1S/C20H20N4O2/c1-14-3-4-15(2)18(11-14)23-19(25)9-10-20(26)24-22-13-17-7-5-16(12-21)6-8-17/h3-8,11,13H,9-10H2,1-2H3,(H,23,25)(H,24,26)/b22-13-. The second-order valence-electron chi connectivity index (χ2n) is 5.89. The normalized spacial score (nSPS) is 10.3. The van der Waals surface area contributed by atoms with E-state index in [0.29, 0.717) is 5.56 Å². The third kappa shape index (κ3) is 5.87. The van der Waals surface area contributed by atoms with Crippen LogP contribution in [0.4, 0.5) is 5.69 Å². The first kappa shape index (κ1) is 18.9. The van der Waals surface area contributed by atoms with Crippen LogP contribution in [0, 0.1) is 25.2 Å². The van der Waals surface area contributed by atoms with Gasteiger partial charge in [-0.1, -0.05) is 24.3 Å². The quantitative estimate of drug-likeness (QED) is 0.620. The molecule has 0 atom stereocenters. The first-order valence-electron chi connectivity index (χ1n) is 8.17. The Kier molecular flexibility index (Phi) is 6.63. The number of nitrogens with one attached hydrogen (secondary N) is 2. The molecule has 0 saturated heterocycles. The van der Waals surface area contributed by atoms with Crippen LogP contribution in [-0.2, 0) is 9.59 Å². The Morgan fingerprint density at radius 2 is 1.77 bits per heavy atom. The number of anilines is 1. The van der Waals surface area contributed by atoms with Crippen LogP contribution >= 0.6 is 0 Å². The van der Waals surface area contributed by atoms with Crippen molar-refractivity contribution in [1.82, 2.24) is 5.43 Å². The molecular weight excluding hydrogens is 328 g/mol. The number of nitrogens with zero attached hydrogens (tertiary/aromatic N) is 2. The fraction of sp³-hybridized carbons (Fsp3) is 0.200. The molecule has 0 aliphatic carbocycles. The third-order valence-electron chi connectivity index (χ3n) is 3.69. The number of carbonyl (C=O) groups excluding carboxylic acids is 2. The largest absolute Gasteiger partial charge is 0.326 e. The van der Waals surface area contributed by atoms with Gasteiger partial charge in [0, 0.05) is 18.5 Å². The van der Waals surface area contributed by atoms with Crippen molar-refractivity contribution in [3.63, 3.8) is 0 Å². The van der Waals surface area contributed by atoms with Gasteiger partial charge in [-0.05, 0) is 48.7 Å². The smallest absolute Gasteiger partial charge is 0.240 e. The van der Waals surface area contributed by atoms with Gasteiger partial charge in [0.1, 0.15) is 0 Å². The Morgan fingerprint density at radius 3 is 2.46 bits per heavy atom. The van der Waals surface area contributed by atoms with Crippen molar-refractivity contribution in [1.29, 1.82) is 5.26 Å². The van der Waals surface area contributed by atoms with Crippen molar-refractivity contribution in [3.05, 3.63) is 64.7 Å². The number of hydrogen-bond donors (Lipinski definition) is 2. The van der Waals surface area contributed by atoms with E-state index >= 15 is 0 Å². The molecule has 2 amide bonds. The molecule has 0 spiro atoms. The molecular formula is C20H20N4O2. The number of rotatable bonds is 6. The minimum absolute atomic E-state index is 0.0431. The number of hydrazone groups is 1. The van der Waals surface area contributed by atoms with Crippen LogP contribution in [0.25, 0.3) is 0 Å². The van der Waals surface area contributed by atoms with E-state index in [-0.39, 0.29) is 24.7 Å². The zero-order chi connectivity index (χ0) is 18.9. The fourth-order valence-corrected chi connectivity index (χ4v) is 2.19. The van der Waals surface area contributed by atoms with Crippen LogP contribution in [0.5, 0.6) is 0 Å². The summed E-state index contributed by atoms with van der Waals surface area (Å²) in [5, 5.41) is 15.4. The zero-order valence-electron chi connectivity index (χ0n) is 14.7. The highest BCUT2D eigenvalue weighted by Gasteiger charge is 2.08. The number of aryl methyl sites for hydroxylation is 2. The lowest BCUT2D eigenvalue weighted by Crippen LogP contribution is -2.20. The van der Waals surface area contributed by atoms with E-state index in [4.69, 9.17) is 5.26 Å². The molecule has 0 fully saturated rings. The maximum atomic E-state index is 12.0. The molecule has 0 radical (unpaired) electrons. The highest BCUT2D eigenvalue weighted by atomic mass is 16.2. The Balaban J connectivity index is 1.77. The predicted octanol–water partition coefficient (Wildman–Crippen LogP) is 3.04. The molecule has 0 aliphatic heterocycles. The summed E-state index contributed by atoms with van der Waals surface area (Å²) in [5.41, 5.74) is 6.49. The van der Waals surface area contributed by atoms with Gasteiger partial charge < -0.3 is 5.32 Å². The molecule has 0 saturated carbocycles. The van der Waals surface area contributed by atoms with Crippen LogP contribution in [0.3, 0.4) is 0 Å². The molecule has 0 heterocycles. The number of hydrogen-bond acceptors (Lipinski definition) is 4. The third-order valence-corrected chi connectivity index (χ3v) is 3.69. The van der Waals surface area contributed by atoms with Gasteiger partial charge in [0.05, 0.1) is 17.8 Å². The van der Waals surface area contributed by atoms with Gasteiger partial charge in [0.15, 0.2) is 0 Å². The summed E-state index contributed by atoms with van der Waals surface area (Å²) in [7, 11) is 0. The molecule has 0 aromatic heterocycles. The van der Waals surface area contributed by atoms with Crippen molar-refractivity contribution in [2.24, 2.45) is 5.10 Å². The van der Waals surface area contributed by atoms with E-state index in [0.717, 1.165) is 22.4 Å². The Morgan fingerprint density at radius 1 is 1.08 bits per heavy atom. The summed E-state index contributed by atoms with van der Waals surface area (Å²) < 4.78 is 0. The van der Waals surface area contributed by atoms with Crippen LogP contribution in [0.2, 0.25) is 0 Å². The monoisotopic (exact) mass is 348 g/mol. The minimum Gasteiger partial charge on any atom is -0.326 e. The molecule has 6 heteroatoms. The van der Waals surface area contributed by atoms with E-state index in [9.17, 15) is 9.59 Å². The van der Waals surface area contributed by atoms with Gasteiger partial charge in [0.2, 0.25) is 11.8 Å². The topological polar surface area (TPSA) is 94.3 Å².